The predicted molar refractivity (Wildman–Crippen MR) is 134 cm³/mol. The summed E-state index contributed by atoms with van der Waals surface area (Å²) in [6.07, 6.45) is 2.05. The molecule has 0 aliphatic carbocycles. The molecule has 0 unspecified atom stereocenters. The molecule has 0 aliphatic rings. The van der Waals surface area contributed by atoms with Crippen molar-refractivity contribution < 1.29 is 26.7 Å². The topological polar surface area (TPSA) is 9.23 Å². The van der Waals surface area contributed by atoms with Crippen molar-refractivity contribution in [3.8, 4) is 28.0 Å². The molecule has 6 heteroatoms. The lowest BCUT2D eigenvalue weighted by molar-refractivity contribution is -0.275. The Hall–Kier alpha value is -3.41. The van der Waals surface area contributed by atoms with E-state index in [0.29, 0.717) is 27.6 Å². The average molecular weight is 499 g/mol. The Balaban J connectivity index is 1.51. The molecule has 0 heterocycles. The van der Waals surface area contributed by atoms with E-state index in [0.717, 1.165) is 30.4 Å². The summed E-state index contributed by atoms with van der Waals surface area (Å²) in [5, 5.41) is 1.41. The minimum Gasteiger partial charge on any atom is -0.403 e. The van der Waals surface area contributed by atoms with Crippen LogP contribution in [0.15, 0.2) is 72.8 Å². The third-order valence-corrected chi connectivity index (χ3v) is 6.27. The van der Waals surface area contributed by atoms with E-state index in [4.69, 9.17) is 0 Å². The third-order valence-electron chi connectivity index (χ3n) is 6.27. The Labute approximate surface area is 207 Å². The second-order valence-electron chi connectivity index (χ2n) is 8.92. The lowest BCUT2D eigenvalue weighted by Crippen LogP contribution is -2.17. The monoisotopic (exact) mass is 498 g/mol. The van der Waals surface area contributed by atoms with Crippen LogP contribution in [0.25, 0.3) is 33.0 Å². The molecular weight excluding hydrogens is 471 g/mol. The van der Waals surface area contributed by atoms with E-state index in [2.05, 4.69) is 11.7 Å². The van der Waals surface area contributed by atoms with Gasteiger partial charge in [-0.3, -0.25) is 0 Å². The number of ether oxygens (including phenoxy) is 1. The highest BCUT2D eigenvalue weighted by molar-refractivity contribution is 5.89. The Morgan fingerprint density at radius 3 is 2.08 bits per heavy atom. The molecule has 0 aromatic heterocycles. The van der Waals surface area contributed by atoms with Crippen LogP contribution in [0.5, 0.6) is 5.75 Å². The number of unbranched alkanes of at least 4 members (excludes halogenated alkanes) is 4. The van der Waals surface area contributed by atoms with Gasteiger partial charge in [0.1, 0.15) is 5.82 Å². The summed E-state index contributed by atoms with van der Waals surface area (Å²) < 4.78 is 70.2. The Kier molecular flexibility index (Phi) is 7.92. The van der Waals surface area contributed by atoms with Gasteiger partial charge in [0.2, 0.25) is 0 Å². The smallest absolute Gasteiger partial charge is 0.403 e. The van der Waals surface area contributed by atoms with Crippen LogP contribution in [0.2, 0.25) is 0 Å². The normalized spacial score (nSPS) is 11.7. The summed E-state index contributed by atoms with van der Waals surface area (Å²) >= 11 is 0. The van der Waals surface area contributed by atoms with Crippen LogP contribution in [0.1, 0.15) is 44.6 Å². The number of alkyl halides is 3. The van der Waals surface area contributed by atoms with Crippen LogP contribution in [-0.2, 0) is 6.42 Å². The van der Waals surface area contributed by atoms with Crippen LogP contribution in [0, 0.1) is 11.6 Å². The van der Waals surface area contributed by atoms with E-state index in [1.807, 2.05) is 24.3 Å². The minimum absolute atomic E-state index is 0.311. The number of benzene rings is 4. The fraction of sp³-hybridized carbons (Fsp3) is 0.267. The lowest BCUT2D eigenvalue weighted by Gasteiger charge is -2.12. The van der Waals surface area contributed by atoms with Crippen molar-refractivity contribution in [2.75, 3.05) is 0 Å². The number of hydrogen-bond donors (Lipinski definition) is 0. The maximum Gasteiger partial charge on any atom is 0.573 e. The Morgan fingerprint density at radius 1 is 0.694 bits per heavy atom. The minimum atomic E-state index is -4.97. The van der Waals surface area contributed by atoms with Gasteiger partial charge >= 0.3 is 6.36 Å². The molecule has 4 aromatic carbocycles. The van der Waals surface area contributed by atoms with Crippen LogP contribution in [0.4, 0.5) is 22.0 Å². The van der Waals surface area contributed by atoms with Gasteiger partial charge in [-0.25, -0.2) is 8.78 Å². The number of rotatable bonds is 9. The summed E-state index contributed by atoms with van der Waals surface area (Å²) in [7, 11) is 0. The van der Waals surface area contributed by atoms with E-state index >= 15 is 4.39 Å². The summed E-state index contributed by atoms with van der Waals surface area (Å²) in [5.41, 5.74) is 3.27. The zero-order valence-electron chi connectivity index (χ0n) is 20.0. The van der Waals surface area contributed by atoms with Gasteiger partial charge in [0, 0.05) is 10.9 Å². The summed E-state index contributed by atoms with van der Waals surface area (Å²) in [4.78, 5) is 0. The van der Waals surface area contributed by atoms with Crippen molar-refractivity contribution in [3.05, 3.63) is 90.0 Å². The van der Waals surface area contributed by atoms with E-state index < -0.39 is 17.9 Å². The second-order valence-corrected chi connectivity index (χ2v) is 8.92. The molecule has 0 saturated carbocycles. The third kappa shape index (κ3) is 6.23. The molecular formula is C30H27F5O. The molecule has 36 heavy (non-hydrogen) atoms. The van der Waals surface area contributed by atoms with E-state index in [9.17, 15) is 17.6 Å². The van der Waals surface area contributed by atoms with E-state index in [1.165, 1.54) is 37.3 Å². The fourth-order valence-corrected chi connectivity index (χ4v) is 4.38. The first-order valence-electron chi connectivity index (χ1n) is 12.1. The maximum atomic E-state index is 15.4. The van der Waals surface area contributed by atoms with Crippen molar-refractivity contribution >= 4 is 10.8 Å². The van der Waals surface area contributed by atoms with Crippen LogP contribution in [-0.4, -0.2) is 6.36 Å². The van der Waals surface area contributed by atoms with Gasteiger partial charge in [-0.15, -0.1) is 13.2 Å². The quantitative estimate of drug-likeness (QED) is 0.165. The van der Waals surface area contributed by atoms with Crippen molar-refractivity contribution in [1.29, 1.82) is 0 Å². The molecule has 0 radical (unpaired) electrons. The molecule has 0 atom stereocenters. The molecule has 0 fully saturated rings. The van der Waals surface area contributed by atoms with Gasteiger partial charge in [-0.1, -0.05) is 93.3 Å². The first-order chi connectivity index (χ1) is 17.2. The highest BCUT2D eigenvalue weighted by Gasteiger charge is 2.32. The van der Waals surface area contributed by atoms with Crippen molar-refractivity contribution in [2.24, 2.45) is 0 Å². The second kappa shape index (κ2) is 11.1. The molecule has 188 valence electrons. The molecule has 0 N–H and O–H groups in total. The van der Waals surface area contributed by atoms with Crippen LogP contribution >= 0.6 is 0 Å². The van der Waals surface area contributed by atoms with Crippen molar-refractivity contribution in [2.45, 2.75) is 51.8 Å². The molecule has 0 bridgehead atoms. The molecule has 4 aromatic rings. The lowest BCUT2D eigenvalue weighted by atomic mass is 9.96. The molecule has 4 rings (SSSR count). The van der Waals surface area contributed by atoms with E-state index in [-0.39, 0.29) is 5.82 Å². The first-order valence-corrected chi connectivity index (χ1v) is 12.1. The molecule has 0 saturated heterocycles. The SMILES string of the molecule is CCCCCCCc1ccc2c(F)c(-c3ccc(-c4ccc(OC(F)(F)F)c(F)c4)cc3)ccc2c1. The zero-order chi connectivity index (χ0) is 25.7. The largest absolute Gasteiger partial charge is 0.573 e. The van der Waals surface area contributed by atoms with Gasteiger partial charge in [0.25, 0.3) is 0 Å². The molecule has 0 aliphatic heterocycles. The van der Waals surface area contributed by atoms with Gasteiger partial charge < -0.3 is 4.74 Å². The number of fused-ring (bicyclic) bond motifs is 1. The van der Waals surface area contributed by atoms with Gasteiger partial charge in [0.05, 0.1) is 0 Å². The predicted octanol–water partition coefficient (Wildman–Crippen LogP) is 9.86. The van der Waals surface area contributed by atoms with Crippen LogP contribution in [0.3, 0.4) is 0 Å². The summed E-state index contributed by atoms with van der Waals surface area (Å²) in [6.45, 7) is 2.19. The van der Waals surface area contributed by atoms with Gasteiger partial charge in [0.15, 0.2) is 11.6 Å². The summed E-state index contributed by atoms with van der Waals surface area (Å²) in [6, 6.07) is 19.6. The Bertz CT molecular complexity index is 1330. The highest BCUT2D eigenvalue weighted by atomic mass is 19.4. The number of hydrogen-bond acceptors (Lipinski definition) is 1. The fourth-order valence-electron chi connectivity index (χ4n) is 4.38. The molecule has 1 nitrogen and oxygen atoms in total. The number of halogens is 5. The average Bonchev–Trinajstić information content (AvgIpc) is 2.85. The highest BCUT2D eigenvalue weighted by Crippen LogP contribution is 2.33. The zero-order valence-corrected chi connectivity index (χ0v) is 20.0. The maximum absolute atomic E-state index is 15.4. The van der Waals surface area contributed by atoms with E-state index in [1.54, 1.807) is 30.3 Å². The molecule has 0 spiro atoms. The van der Waals surface area contributed by atoms with Gasteiger partial charge in [-0.05, 0) is 52.6 Å². The number of aryl methyl sites for hydroxylation is 1. The Morgan fingerprint density at radius 2 is 1.39 bits per heavy atom. The summed E-state index contributed by atoms with van der Waals surface area (Å²) in [5.74, 6) is -2.31. The van der Waals surface area contributed by atoms with Crippen molar-refractivity contribution in [1.82, 2.24) is 0 Å². The van der Waals surface area contributed by atoms with Gasteiger partial charge in [-0.2, -0.15) is 0 Å². The standard InChI is InChI=1S/C30H27F5O/c1-2-3-4-5-6-7-20-8-15-26-24(18-20)13-16-25(29(26)32)22-11-9-21(10-12-22)23-14-17-28(27(31)19-23)36-30(33,34)35/h8-19H,2-7H2,1H3. The van der Waals surface area contributed by atoms with Crippen molar-refractivity contribution in [3.63, 3.8) is 0 Å². The van der Waals surface area contributed by atoms with Crippen LogP contribution < -0.4 is 4.74 Å². The molecule has 0 amide bonds. The first kappa shape index (κ1) is 25.7.